The average molecular weight is 282 g/mol. The summed E-state index contributed by atoms with van der Waals surface area (Å²) in [6, 6.07) is 2.58. The molecule has 3 rings (SSSR count). The van der Waals surface area contributed by atoms with Crippen molar-refractivity contribution in [2.24, 2.45) is 0 Å². The smallest absolute Gasteiger partial charge is 0.376 e. The number of aromatic nitrogens is 6. The van der Waals surface area contributed by atoms with Gasteiger partial charge in [-0.2, -0.15) is 0 Å². The van der Waals surface area contributed by atoms with Crippen molar-refractivity contribution in [1.29, 1.82) is 0 Å². The maximum atomic E-state index is 11.4. The lowest BCUT2D eigenvalue weighted by Gasteiger charge is -2.08. The SMILES string of the molecule is O=P(O)(O)c1c(O)ccc2nc(-c3nnn[nH]3)cn12. The number of aromatic hydroxyl groups is 1. The van der Waals surface area contributed by atoms with Crippen molar-refractivity contribution in [3.05, 3.63) is 18.3 Å². The van der Waals surface area contributed by atoms with Crippen molar-refractivity contribution < 1.29 is 19.5 Å². The van der Waals surface area contributed by atoms with Crippen LogP contribution in [-0.4, -0.2) is 44.9 Å². The Bertz CT molecular complexity index is 791. The first-order valence-corrected chi connectivity index (χ1v) is 6.59. The predicted octanol–water partition coefficient (Wildman–Crippen LogP) is -0.977. The van der Waals surface area contributed by atoms with E-state index in [1.54, 1.807) is 0 Å². The third kappa shape index (κ3) is 1.87. The second kappa shape index (κ2) is 3.85. The van der Waals surface area contributed by atoms with Crippen molar-refractivity contribution in [2.75, 3.05) is 0 Å². The molecule has 0 aliphatic rings. The van der Waals surface area contributed by atoms with Gasteiger partial charge in [0.15, 0.2) is 11.3 Å². The molecule has 19 heavy (non-hydrogen) atoms. The fourth-order valence-corrected chi connectivity index (χ4v) is 2.52. The molecule has 98 valence electrons. The Morgan fingerprint density at radius 3 is 2.74 bits per heavy atom. The second-order valence-corrected chi connectivity index (χ2v) is 5.20. The summed E-state index contributed by atoms with van der Waals surface area (Å²) in [5.74, 6) is -0.264. The zero-order chi connectivity index (χ0) is 13.6. The van der Waals surface area contributed by atoms with Gasteiger partial charge in [0.25, 0.3) is 0 Å². The van der Waals surface area contributed by atoms with Crippen LogP contribution in [0.3, 0.4) is 0 Å². The number of fused-ring (bicyclic) bond motifs is 1. The minimum Gasteiger partial charge on any atom is -0.505 e. The molecule has 0 aliphatic carbocycles. The minimum absolute atomic E-state index is 0.250. The molecule has 3 heterocycles. The number of imidazole rings is 1. The fourth-order valence-electron chi connectivity index (χ4n) is 1.70. The third-order valence-electron chi connectivity index (χ3n) is 2.44. The third-order valence-corrected chi connectivity index (χ3v) is 3.44. The lowest BCUT2D eigenvalue weighted by Crippen LogP contribution is -2.14. The Morgan fingerprint density at radius 2 is 2.11 bits per heavy atom. The summed E-state index contributed by atoms with van der Waals surface area (Å²) in [6.07, 6.45) is 1.33. The molecule has 0 aromatic carbocycles. The van der Waals surface area contributed by atoms with E-state index in [0.29, 0.717) is 5.69 Å². The first kappa shape index (κ1) is 11.8. The summed E-state index contributed by atoms with van der Waals surface area (Å²) in [4.78, 5) is 22.6. The summed E-state index contributed by atoms with van der Waals surface area (Å²) >= 11 is 0. The van der Waals surface area contributed by atoms with Gasteiger partial charge < -0.3 is 14.9 Å². The predicted molar refractivity (Wildman–Crippen MR) is 61.7 cm³/mol. The highest BCUT2D eigenvalue weighted by Gasteiger charge is 2.26. The molecule has 0 radical (unpaired) electrons. The van der Waals surface area contributed by atoms with E-state index in [1.165, 1.54) is 18.3 Å². The molecular formula is C8H7N6O4P. The highest BCUT2D eigenvalue weighted by Crippen LogP contribution is 2.37. The number of H-pyrrole nitrogens is 1. The monoisotopic (exact) mass is 282 g/mol. The van der Waals surface area contributed by atoms with Crippen molar-refractivity contribution in [2.45, 2.75) is 0 Å². The van der Waals surface area contributed by atoms with Crippen LogP contribution in [0, 0.1) is 0 Å². The van der Waals surface area contributed by atoms with Gasteiger partial charge in [-0.3, -0.25) is 8.97 Å². The Hall–Kier alpha value is -2.29. The topological polar surface area (TPSA) is 150 Å². The van der Waals surface area contributed by atoms with Crippen LogP contribution in [0.15, 0.2) is 18.3 Å². The molecule has 10 nitrogen and oxygen atoms in total. The van der Waals surface area contributed by atoms with E-state index in [2.05, 4.69) is 25.6 Å². The van der Waals surface area contributed by atoms with Crippen LogP contribution in [0.4, 0.5) is 0 Å². The van der Waals surface area contributed by atoms with Gasteiger partial charge in [0.2, 0.25) is 0 Å². The van der Waals surface area contributed by atoms with Crippen molar-refractivity contribution >= 4 is 18.7 Å². The standard InChI is InChI=1S/C8H7N6O4P/c15-5-1-2-6-9-4(7-10-12-13-11-7)3-14(6)8(5)19(16,17)18/h1-3,15H,(H2,16,17,18)(H,10,11,12,13). The average Bonchev–Trinajstić information content (AvgIpc) is 2.94. The summed E-state index contributed by atoms with van der Waals surface area (Å²) in [6.45, 7) is 0. The van der Waals surface area contributed by atoms with Crippen LogP contribution in [0.5, 0.6) is 5.75 Å². The van der Waals surface area contributed by atoms with E-state index >= 15 is 0 Å². The number of pyridine rings is 1. The molecule has 0 saturated heterocycles. The van der Waals surface area contributed by atoms with Gasteiger partial charge in [-0.15, -0.1) is 5.10 Å². The second-order valence-electron chi connectivity index (χ2n) is 3.69. The minimum atomic E-state index is -4.65. The summed E-state index contributed by atoms with van der Waals surface area (Å²) in [5, 5.41) is 22.5. The van der Waals surface area contributed by atoms with Gasteiger partial charge in [-0.1, -0.05) is 0 Å². The molecule has 3 aromatic heterocycles. The van der Waals surface area contributed by atoms with Gasteiger partial charge in [0.05, 0.1) is 0 Å². The van der Waals surface area contributed by atoms with Gasteiger partial charge in [-0.25, -0.2) is 10.1 Å². The number of hydrogen-bond donors (Lipinski definition) is 4. The summed E-state index contributed by atoms with van der Waals surface area (Å²) in [5.41, 5.74) is 0.0176. The van der Waals surface area contributed by atoms with E-state index in [4.69, 9.17) is 0 Å². The van der Waals surface area contributed by atoms with Gasteiger partial charge in [0, 0.05) is 6.20 Å². The maximum Gasteiger partial charge on any atom is 0.376 e. The molecule has 3 aromatic rings. The summed E-state index contributed by atoms with van der Waals surface area (Å²) < 4.78 is 12.5. The Kier molecular flexibility index (Phi) is 2.39. The molecular weight excluding hydrogens is 275 g/mol. The van der Waals surface area contributed by atoms with Crippen molar-refractivity contribution in [3.63, 3.8) is 0 Å². The highest BCUT2D eigenvalue weighted by atomic mass is 31.2. The van der Waals surface area contributed by atoms with Crippen molar-refractivity contribution in [3.8, 4) is 17.3 Å². The molecule has 0 spiro atoms. The lowest BCUT2D eigenvalue weighted by molar-refractivity contribution is 0.382. The molecule has 0 aliphatic heterocycles. The molecule has 0 saturated carbocycles. The quantitative estimate of drug-likeness (QED) is 0.438. The molecule has 0 amide bonds. The molecule has 0 bridgehead atoms. The Morgan fingerprint density at radius 1 is 1.32 bits per heavy atom. The van der Waals surface area contributed by atoms with E-state index < -0.39 is 18.8 Å². The normalized spacial score (nSPS) is 12.1. The number of rotatable bonds is 2. The van der Waals surface area contributed by atoms with E-state index in [9.17, 15) is 19.5 Å². The fraction of sp³-hybridized carbons (Fsp3) is 0. The lowest BCUT2D eigenvalue weighted by atomic mass is 10.4. The van der Waals surface area contributed by atoms with Crippen LogP contribution in [0.1, 0.15) is 0 Å². The number of nitrogens with zero attached hydrogens (tertiary/aromatic N) is 5. The first-order chi connectivity index (χ1) is 8.97. The van der Waals surface area contributed by atoms with Gasteiger partial charge in [-0.05, 0) is 22.6 Å². The zero-order valence-electron chi connectivity index (χ0n) is 9.17. The number of hydrogen-bond acceptors (Lipinski definition) is 6. The van der Waals surface area contributed by atoms with Crippen LogP contribution in [0.2, 0.25) is 0 Å². The highest BCUT2D eigenvalue weighted by molar-refractivity contribution is 7.60. The Balaban J connectivity index is 2.32. The summed E-state index contributed by atoms with van der Waals surface area (Å²) in [7, 11) is -4.65. The van der Waals surface area contributed by atoms with E-state index in [1.807, 2.05) is 0 Å². The van der Waals surface area contributed by atoms with Gasteiger partial charge in [0.1, 0.15) is 17.1 Å². The van der Waals surface area contributed by atoms with Crippen LogP contribution >= 0.6 is 7.60 Å². The van der Waals surface area contributed by atoms with Crippen molar-refractivity contribution in [1.82, 2.24) is 30.0 Å². The number of tetrazole rings is 1. The van der Waals surface area contributed by atoms with Crippen LogP contribution in [-0.2, 0) is 4.57 Å². The zero-order valence-corrected chi connectivity index (χ0v) is 10.1. The van der Waals surface area contributed by atoms with Gasteiger partial charge >= 0.3 is 7.60 Å². The van der Waals surface area contributed by atoms with Crippen LogP contribution < -0.4 is 5.44 Å². The van der Waals surface area contributed by atoms with E-state index in [0.717, 1.165) is 4.40 Å². The molecule has 0 unspecified atom stereocenters. The number of nitrogens with one attached hydrogen (secondary N) is 1. The molecule has 0 fully saturated rings. The number of aromatic amines is 1. The van der Waals surface area contributed by atoms with E-state index in [-0.39, 0.29) is 11.5 Å². The molecule has 11 heteroatoms. The van der Waals surface area contributed by atoms with Crippen LogP contribution in [0.25, 0.3) is 17.2 Å². The Labute approximate surface area is 104 Å². The largest absolute Gasteiger partial charge is 0.505 e. The first-order valence-electron chi connectivity index (χ1n) is 4.98. The molecule has 0 atom stereocenters. The maximum absolute atomic E-state index is 11.4. The molecule has 4 N–H and O–H groups in total.